The van der Waals surface area contributed by atoms with Crippen LogP contribution in [-0.2, 0) is 14.6 Å². The van der Waals surface area contributed by atoms with Crippen LogP contribution < -0.4 is 5.32 Å². The van der Waals surface area contributed by atoms with Crippen LogP contribution in [0, 0.1) is 0 Å². The fourth-order valence-corrected chi connectivity index (χ4v) is 2.31. The average molecular weight is 246 g/mol. The second-order valence-electron chi connectivity index (χ2n) is 5.45. The number of rotatable bonds is 3. The summed E-state index contributed by atoms with van der Waals surface area (Å²) in [6.07, 6.45) is 2.97. The Morgan fingerprint density at radius 2 is 2.00 bits per heavy atom. The Kier molecular flexibility index (Phi) is 2.37. The highest BCUT2D eigenvalue weighted by molar-refractivity contribution is 7.92. The highest BCUT2D eigenvalue weighted by atomic mass is 32.2. The second kappa shape index (κ2) is 3.20. The molecule has 0 aromatic carbocycles. The Bertz CT molecular complexity index is 423. The monoisotopic (exact) mass is 246 g/mol. The zero-order valence-electron chi connectivity index (χ0n) is 9.91. The van der Waals surface area contributed by atoms with Gasteiger partial charge in [0.2, 0.25) is 5.91 Å². The van der Waals surface area contributed by atoms with E-state index < -0.39 is 14.6 Å². The van der Waals surface area contributed by atoms with Crippen molar-refractivity contribution in [3.8, 4) is 0 Å². The van der Waals surface area contributed by atoms with E-state index >= 15 is 0 Å². The van der Waals surface area contributed by atoms with Crippen molar-refractivity contribution in [2.24, 2.45) is 0 Å². The number of nitrogens with zero attached hydrogens (tertiary/aromatic N) is 1. The summed E-state index contributed by atoms with van der Waals surface area (Å²) in [5.41, 5.74) is -0.340. The van der Waals surface area contributed by atoms with Crippen LogP contribution in [0.25, 0.3) is 0 Å². The molecule has 1 N–H and O–H groups in total. The van der Waals surface area contributed by atoms with Crippen molar-refractivity contribution in [3.05, 3.63) is 0 Å². The lowest BCUT2D eigenvalue weighted by atomic mass is 10.2. The topological polar surface area (TPSA) is 66.5 Å². The van der Waals surface area contributed by atoms with E-state index in [1.165, 1.54) is 6.26 Å². The zero-order chi connectivity index (χ0) is 12.2. The Morgan fingerprint density at radius 1 is 1.44 bits per heavy atom. The smallest absolute Gasteiger partial charge is 0.244 e. The van der Waals surface area contributed by atoms with Crippen molar-refractivity contribution < 1.29 is 13.2 Å². The summed E-state index contributed by atoms with van der Waals surface area (Å²) in [5.74, 6) is 0.0595. The normalized spacial score (nSPS) is 24.2. The molecule has 1 heterocycles. The summed E-state index contributed by atoms with van der Waals surface area (Å²) >= 11 is 0. The van der Waals surface area contributed by atoms with E-state index in [9.17, 15) is 13.2 Å². The molecule has 0 radical (unpaired) electrons. The van der Waals surface area contributed by atoms with Gasteiger partial charge in [-0.15, -0.1) is 0 Å². The molecule has 0 aromatic rings. The number of sulfone groups is 1. The van der Waals surface area contributed by atoms with Gasteiger partial charge in [-0.05, 0) is 26.7 Å². The molecule has 5 nitrogen and oxygen atoms in total. The van der Waals surface area contributed by atoms with E-state index in [0.717, 1.165) is 12.8 Å². The molecular formula is C10H18N2O3S. The molecule has 0 aromatic heterocycles. The van der Waals surface area contributed by atoms with Crippen LogP contribution in [0.5, 0.6) is 0 Å². The van der Waals surface area contributed by atoms with Crippen LogP contribution in [0.1, 0.15) is 26.7 Å². The highest BCUT2D eigenvalue weighted by Gasteiger charge is 2.56. The predicted molar refractivity (Wildman–Crippen MR) is 60.6 cm³/mol. The number of carbonyl (C=O) groups is 1. The number of carbonyl (C=O) groups excluding carboxylic acids is 1. The molecule has 2 rings (SSSR count). The van der Waals surface area contributed by atoms with E-state index in [4.69, 9.17) is 0 Å². The van der Waals surface area contributed by atoms with Gasteiger partial charge in [0.15, 0.2) is 9.84 Å². The van der Waals surface area contributed by atoms with Gasteiger partial charge in [-0.3, -0.25) is 10.1 Å². The van der Waals surface area contributed by atoms with Crippen LogP contribution in [-0.4, -0.2) is 49.0 Å². The standard InChI is InChI=1S/C10H18N2O3S/c1-9(2,16(3,14)15)6-12-7-11-10(4-5-10)8(12)13/h11H,4-7H2,1-3H3. The lowest BCUT2D eigenvalue weighted by molar-refractivity contribution is -0.129. The van der Waals surface area contributed by atoms with Crippen LogP contribution in [0.4, 0.5) is 0 Å². The molecule has 1 aliphatic carbocycles. The molecule has 16 heavy (non-hydrogen) atoms. The molecule has 0 atom stereocenters. The third-order valence-electron chi connectivity index (χ3n) is 3.63. The van der Waals surface area contributed by atoms with Gasteiger partial charge in [-0.2, -0.15) is 0 Å². The second-order valence-corrected chi connectivity index (χ2v) is 8.10. The number of amides is 1. The summed E-state index contributed by atoms with van der Waals surface area (Å²) in [7, 11) is -3.15. The third kappa shape index (κ3) is 1.73. The van der Waals surface area contributed by atoms with Crippen LogP contribution in [0.15, 0.2) is 0 Å². The first-order valence-corrected chi connectivity index (χ1v) is 7.31. The molecule has 6 heteroatoms. The van der Waals surface area contributed by atoms with Gasteiger partial charge >= 0.3 is 0 Å². The molecule has 1 saturated heterocycles. The van der Waals surface area contributed by atoms with E-state index in [2.05, 4.69) is 5.32 Å². The molecule has 1 amide bonds. The lowest BCUT2D eigenvalue weighted by Gasteiger charge is -2.28. The van der Waals surface area contributed by atoms with Crippen molar-refractivity contribution in [2.45, 2.75) is 37.0 Å². The summed E-state index contributed by atoms with van der Waals surface area (Å²) in [4.78, 5) is 13.6. The summed E-state index contributed by atoms with van der Waals surface area (Å²) in [6.45, 7) is 4.05. The predicted octanol–water partition coefficient (Wildman–Crippen LogP) is -0.268. The van der Waals surface area contributed by atoms with Gasteiger partial charge in [0.1, 0.15) is 0 Å². The molecule has 0 unspecified atom stereocenters. The van der Waals surface area contributed by atoms with Crippen molar-refractivity contribution in [3.63, 3.8) is 0 Å². The maximum Gasteiger partial charge on any atom is 0.244 e. The highest BCUT2D eigenvalue weighted by Crippen LogP contribution is 2.40. The molecule has 2 fully saturated rings. The van der Waals surface area contributed by atoms with E-state index in [1.807, 2.05) is 0 Å². The zero-order valence-corrected chi connectivity index (χ0v) is 10.7. The molecule has 1 aliphatic heterocycles. The first kappa shape index (κ1) is 11.9. The molecule has 92 valence electrons. The maximum absolute atomic E-state index is 12.0. The Balaban J connectivity index is 2.09. The first-order chi connectivity index (χ1) is 7.18. The summed E-state index contributed by atoms with van der Waals surface area (Å²) < 4.78 is 22.2. The van der Waals surface area contributed by atoms with Gasteiger partial charge in [-0.1, -0.05) is 0 Å². The SMILES string of the molecule is CC(C)(CN1CNC2(CC2)C1=O)S(C)(=O)=O. The fraction of sp³-hybridized carbons (Fsp3) is 0.900. The molecule has 0 bridgehead atoms. The van der Waals surface area contributed by atoms with Crippen molar-refractivity contribution >= 4 is 15.7 Å². The number of hydrogen-bond donors (Lipinski definition) is 1. The average Bonchev–Trinajstić information content (AvgIpc) is 2.84. The lowest BCUT2D eigenvalue weighted by Crippen LogP contribution is -2.45. The third-order valence-corrected chi connectivity index (χ3v) is 5.77. The van der Waals surface area contributed by atoms with E-state index in [0.29, 0.717) is 6.67 Å². The van der Waals surface area contributed by atoms with Gasteiger partial charge in [0, 0.05) is 12.8 Å². The molecule has 1 spiro atoms. The minimum atomic E-state index is -3.15. The summed E-state index contributed by atoms with van der Waals surface area (Å²) in [5, 5.41) is 3.16. The van der Waals surface area contributed by atoms with Crippen LogP contribution in [0.3, 0.4) is 0 Å². The largest absolute Gasteiger partial charge is 0.327 e. The molecule has 1 saturated carbocycles. The number of hydrogen-bond acceptors (Lipinski definition) is 4. The van der Waals surface area contributed by atoms with Crippen molar-refractivity contribution in [1.29, 1.82) is 0 Å². The van der Waals surface area contributed by atoms with E-state index in [-0.39, 0.29) is 18.0 Å². The minimum Gasteiger partial charge on any atom is -0.327 e. The molecule has 2 aliphatic rings. The van der Waals surface area contributed by atoms with Gasteiger partial charge in [0.05, 0.1) is 17.0 Å². The quantitative estimate of drug-likeness (QED) is 0.744. The van der Waals surface area contributed by atoms with Crippen molar-refractivity contribution in [1.82, 2.24) is 10.2 Å². The maximum atomic E-state index is 12.0. The fourth-order valence-electron chi connectivity index (χ4n) is 1.92. The van der Waals surface area contributed by atoms with E-state index in [1.54, 1.807) is 18.7 Å². The van der Waals surface area contributed by atoms with Gasteiger partial charge < -0.3 is 4.90 Å². The van der Waals surface area contributed by atoms with Gasteiger partial charge in [-0.25, -0.2) is 8.42 Å². The first-order valence-electron chi connectivity index (χ1n) is 5.42. The van der Waals surface area contributed by atoms with Gasteiger partial charge in [0.25, 0.3) is 0 Å². The number of nitrogens with one attached hydrogen (secondary N) is 1. The summed E-state index contributed by atoms with van der Waals surface area (Å²) in [6, 6.07) is 0. The van der Waals surface area contributed by atoms with Crippen LogP contribution in [0.2, 0.25) is 0 Å². The Hall–Kier alpha value is -0.620. The van der Waals surface area contributed by atoms with Crippen LogP contribution >= 0.6 is 0 Å². The Morgan fingerprint density at radius 3 is 2.38 bits per heavy atom. The molecular weight excluding hydrogens is 228 g/mol. The van der Waals surface area contributed by atoms with Crippen molar-refractivity contribution in [2.75, 3.05) is 19.5 Å². The Labute approximate surface area is 96.1 Å². The minimum absolute atomic E-state index is 0.0595.